The van der Waals surface area contributed by atoms with Crippen molar-refractivity contribution in [2.24, 2.45) is 0 Å². The Kier molecular flexibility index (Phi) is 1.11. The van der Waals surface area contributed by atoms with Crippen LogP contribution < -0.4 is 0 Å². The highest BCUT2D eigenvalue weighted by atomic mass is 16.5. The molecule has 1 aromatic rings. The number of nitrogens with zero attached hydrogens (tertiary/aromatic N) is 1. The first-order valence-electron chi connectivity index (χ1n) is 2.03. The van der Waals surface area contributed by atoms with Gasteiger partial charge in [-0.3, -0.25) is 0 Å². The third-order valence-corrected chi connectivity index (χ3v) is 0.700. The fourth-order valence-electron chi connectivity index (χ4n) is 0.343. The van der Waals surface area contributed by atoms with Crippen molar-refractivity contribution < 1.29 is 4.52 Å². The average molecular weight is 95.1 g/mol. The van der Waals surface area contributed by atoms with Crippen molar-refractivity contribution in [1.29, 1.82) is 0 Å². The number of rotatable bonds is 1. The van der Waals surface area contributed by atoms with Crippen molar-refractivity contribution in [1.82, 2.24) is 5.16 Å². The van der Waals surface area contributed by atoms with Crippen LogP contribution in [-0.4, -0.2) is 5.16 Å². The lowest BCUT2D eigenvalue weighted by molar-refractivity contribution is 0.413. The fourth-order valence-corrected chi connectivity index (χ4v) is 0.343. The SMILES string of the molecule is [CH]Cc1ccon1. The molecule has 0 fully saturated rings. The molecule has 0 aliphatic heterocycles. The average Bonchev–Trinajstić information content (AvgIpc) is 2.14. The molecule has 0 aromatic carbocycles. The van der Waals surface area contributed by atoms with Crippen LogP contribution in [0.5, 0.6) is 0 Å². The van der Waals surface area contributed by atoms with Gasteiger partial charge >= 0.3 is 0 Å². The molecule has 2 nitrogen and oxygen atoms in total. The summed E-state index contributed by atoms with van der Waals surface area (Å²) in [6, 6.07) is 1.74. The Morgan fingerprint density at radius 2 is 2.71 bits per heavy atom. The van der Waals surface area contributed by atoms with E-state index in [1.807, 2.05) is 0 Å². The lowest BCUT2D eigenvalue weighted by atomic mass is 10.4. The molecule has 0 aliphatic rings. The van der Waals surface area contributed by atoms with Crippen LogP contribution in [0.25, 0.3) is 0 Å². The highest BCUT2D eigenvalue weighted by molar-refractivity contribution is 4.95. The van der Waals surface area contributed by atoms with Gasteiger partial charge in [0.25, 0.3) is 0 Å². The summed E-state index contributed by atoms with van der Waals surface area (Å²) in [5, 5.41) is 3.53. The molecule has 0 bridgehead atoms. The molecule has 0 saturated heterocycles. The summed E-state index contributed by atoms with van der Waals surface area (Å²) < 4.78 is 4.48. The standard InChI is InChI=1S/C5H5NO/c1-2-5-3-4-7-6-5/h1,3-4H,2H2. The van der Waals surface area contributed by atoms with Crippen LogP contribution in [0.1, 0.15) is 5.69 Å². The largest absolute Gasteiger partial charge is 0.365 e. The lowest BCUT2D eigenvalue weighted by Gasteiger charge is -1.74. The van der Waals surface area contributed by atoms with E-state index in [0.717, 1.165) is 5.69 Å². The van der Waals surface area contributed by atoms with Gasteiger partial charge in [0.2, 0.25) is 0 Å². The van der Waals surface area contributed by atoms with Crippen molar-refractivity contribution in [3.8, 4) is 0 Å². The van der Waals surface area contributed by atoms with E-state index in [4.69, 9.17) is 6.92 Å². The summed E-state index contributed by atoms with van der Waals surface area (Å²) >= 11 is 0. The van der Waals surface area contributed by atoms with Crippen LogP contribution >= 0.6 is 0 Å². The first-order valence-corrected chi connectivity index (χ1v) is 2.03. The summed E-state index contributed by atoms with van der Waals surface area (Å²) in [6.45, 7) is 5.17. The molecule has 1 rings (SSSR count). The maximum atomic E-state index is 5.17. The summed E-state index contributed by atoms with van der Waals surface area (Å²) in [5.74, 6) is 0. The van der Waals surface area contributed by atoms with E-state index in [0.29, 0.717) is 6.42 Å². The number of hydrogen-bond donors (Lipinski definition) is 0. The minimum absolute atomic E-state index is 0.455. The molecule has 0 saturated carbocycles. The minimum Gasteiger partial charge on any atom is -0.365 e. The van der Waals surface area contributed by atoms with Gasteiger partial charge in [0.05, 0.1) is 5.69 Å². The Morgan fingerprint density at radius 1 is 1.86 bits per heavy atom. The van der Waals surface area contributed by atoms with E-state index in [1.54, 1.807) is 6.07 Å². The predicted octanol–water partition coefficient (Wildman–Crippen LogP) is 0.928. The molecule has 36 valence electrons. The van der Waals surface area contributed by atoms with E-state index >= 15 is 0 Å². The molecular formula is C5H5NO. The summed E-state index contributed by atoms with van der Waals surface area (Å²) in [5.41, 5.74) is 0.792. The van der Waals surface area contributed by atoms with Gasteiger partial charge in [-0.1, -0.05) is 5.16 Å². The van der Waals surface area contributed by atoms with E-state index < -0.39 is 0 Å². The first kappa shape index (κ1) is 4.37. The number of hydrogen-bond acceptors (Lipinski definition) is 2. The molecular weight excluding hydrogens is 90.1 g/mol. The molecule has 0 N–H and O–H groups in total. The zero-order valence-corrected chi connectivity index (χ0v) is 3.79. The van der Waals surface area contributed by atoms with Crippen molar-refractivity contribution in [3.05, 3.63) is 24.9 Å². The van der Waals surface area contributed by atoms with Gasteiger partial charge in [-0.15, -0.1) is 0 Å². The quantitative estimate of drug-likeness (QED) is 0.518. The molecule has 0 spiro atoms. The van der Waals surface area contributed by atoms with Crippen molar-refractivity contribution in [2.75, 3.05) is 0 Å². The Morgan fingerprint density at radius 3 is 3.00 bits per heavy atom. The Bertz CT molecular complexity index is 123. The van der Waals surface area contributed by atoms with E-state index in [-0.39, 0.29) is 0 Å². The third-order valence-electron chi connectivity index (χ3n) is 0.700. The van der Waals surface area contributed by atoms with Crippen LogP contribution in [-0.2, 0) is 6.42 Å². The van der Waals surface area contributed by atoms with Crippen LogP contribution in [0.15, 0.2) is 16.9 Å². The first-order chi connectivity index (χ1) is 3.43. The molecule has 2 radical (unpaired) electrons. The van der Waals surface area contributed by atoms with Gasteiger partial charge in [-0.25, -0.2) is 0 Å². The monoisotopic (exact) mass is 95.0 g/mol. The number of aromatic nitrogens is 1. The second-order valence-corrected chi connectivity index (χ2v) is 1.19. The Hall–Kier alpha value is -0.790. The molecule has 7 heavy (non-hydrogen) atoms. The van der Waals surface area contributed by atoms with Crippen molar-refractivity contribution >= 4 is 0 Å². The molecule has 2 heteroatoms. The van der Waals surface area contributed by atoms with Crippen molar-refractivity contribution in [2.45, 2.75) is 6.42 Å². The zero-order chi connectivity index (χ0) is 5.11. The van der Waals surface area contributed by atoms with Gasteiger partial charge in [0.1, 0.15) is 6.26 Å². The minimum atomic E-state index is 0.455. The third kappa shape index (κ3) is 0.796. The van der Waals surface area contributed by atoms with Gasteiger partial charge in [0.15, 0.2) is 0 Å². The predicted molar refractivity (Wildman–Crippen MR) is 24.5 cm³/mol. The summed E-state index contributed by atoms with van der Waals surface area (Å²) in [6.07, 6.45) is 1.96. The highest BCUT2D eigenvalue weighted by Crippen LogP contribution is 1.91. The zero-order valence-electron chi connectivity index (χ0n) is 3.79. The second kappa shape index (κ2) is 1.78. The lowest BCUT2D eigenvalue weighted by Crippen LogP contribution is -1.73. The van der Waals surface area contributed by atoms with E-state index in [2.05, 4.69) is 9.68 Å². The van der Waals surface area contributed by atoms with Crippen molar-refractivity contribution in [3.63, 3.8) is 0 Å². The molecule has 1 heterocycles. The molecule has 0 atom stereocenters. The van der Waals surface area contributed by atoms with E-state index in [1.165, 1.54) is 6.26 Å². The van der Waals surface area contributed by atoms with Crippen LogP contribution in [0.3, 0.4) is 0 Å². The van der Waals surface area contributed by atoms with Crippen LogP contribution in [0.4, 0.5) is 0 Å². The second-order valence-electron chi connectivity index (χ2n) is 1.19. The summed E-state index contributed by atoms with van der Waals surface area (Å²) in [7, 11) is 0. The fraction of sp³-hybridized carbons (Fsp3) is 0.200. The molecule has 0 aliphatic carbocycles. The maximum absolute atomic E-state index is 5.17. The maximum Gasteiger partial charge on any atom is 0.124 e. The topological polar surface area (TPSA) is 26.0 Å². The van der Waals surface area contributed by atoms with Gasteiger partial charge in [-0.05, 0) is 13.3 Å². The Labute approximate surface area is 42.1 Å². The Balaban J connectivity index is 2.76. The highest BCUT2D eigenvalue weighted by Gasteiger charge is 1.86. The normalized spacial score (nSPS) is 9.29. The molecule has 0 amide bonds. The van der Waals surface area contributed by atoms with Crippen LogP contribution in [0, 0.1) is 6.92 Å². The molecule has 0 unspecified atom stereocenters. The van der Waals surface area contributed by atoms with Gasteiger partial charge in [-0.2, -0.15) is 0 Å². The van der Waals surface area contributed by atoms with Crippen LogP contribution in [0.2, 0.25) is 0 Å². The molecule has 1 aromatic heterocycles. The smallest absolute Gasteiger partial charge is 0.124 e. The van der Waals surface area contributed by atoms with Gasteiger partial charge < -0.3 is 4.52 Å². The summed E-state index contributed by atoms with van der Waals surface area (Å²) in [4.78, 5) is 0. The van der Waals surface area contributed by atoms with Gasteiger partial charge in [0, 0.05) is 6.07 Å². The van der Waals surface area contributed by atoms with E-state index in [9.17, 15) is 0 Å².